The zero-order valence-electron chi connectivity index (χ0n) is 41.3. The Morgan fingerprint density at radius 3 is 1.56 bits per heavy atom. The van der Waals surface area contributed by atoms with E-state index in [1.54, 1.807) is 27.7 Å². The maximum atomic E-state index is 14.5. The van der Waals surface area contributed by atoms with Crippen molar-refractivity contribution in [2.45, 2.75) is 141 Å². The van der Waals surface area contributed by atoms with Crippen LogP contribution in [0.25, 0.3) is 0 Å². The van der Waals surface area contributed by atoms with Crippen LogP contribution >= 0.6 is 0 Å². The molecule has 7 atom stereocenters. The molecular formula is C44H77N17O10. The molecule has 23 N–H and O–H groups in total. The Morgan fingerprint density at radius 1 is 0.606 bits per heavy atom. The number of phenols is 1. The number of rotatable bonds is 33. The average Bonchev–Trinajstić information content (AvgIpc) is 3.27. The van der Waals surface area contributed by atoms with Gasteiger partial charge < -0.3 is 77.1 Å². The monoisotopic (exact) mass is 1000 g/mol. The van der Waals surface area contributed by atoms with Crippen LogP contribution in [0.15, 0.2) is 34.3 Å². The second-order valence-electron chi connectivity index (χ2n) is 17.7. The first-order valence-corrected chi connectivity index (χ1v) is 23.3. The van der Waals surface area contributed by atoms with Gasteiger partial charge >= 0.3 is 0 Å². The number of nitrogens with zero attached hydrogens (tertiary/aromatic N) is 3. The van der Waals surface area contributed by atoms with Crippen molar-refractivity contribution in [3.05, 3.63) is 29.8 Å². The highest BCUT2D eigenvalue weighted by molar-refractivity contribution is 5.98. The van der Waals surface area contributed by atoms with E-state index >= 15 is 0 Å². The van der Waals surface area contributed by atoms with Crippen molar-refractivity contribution < 1.29 is 48.3 Å². The lowest BCUT2D eigenvalue weighted by Crippen LogP contribution is -2.63. The topological polar surface area (TPSA) is 482 Å². The van der Waals surface area contributed by atoms with Gasteiger partial charge in [-0.3, -0.25) is 58.1 Å². The third-order valence-corrected chi connectivity index (χ3v) is 10.7. The summed E-state index contributed by atoms with van der Waals surface area (Å²) in [5.74, 6) is -2.61. The van der Waals surface area contributed by atoms with Crippen molar-refractivity contribution in [3.8, 4) is 5.75 Å². The number of amides is 9. The molecule has 0 aliphatic heterocycles. The van der Waals surface area contributed by atoms with Gasteiger partial charge in [0, 0.05) is 26.4 Å². The molecule has 1 rings (SSSR count). The van der Waals surface area contributed by atoms with Gasteiger partial charge in [0.1, 0.15) is 48.0 Å². The summed E-state index contributed by atoms with van der Waals surface area (Å²) in [6.07, 6.45) is 0.529. The minimum atomic E-state index is -1.59. The number of benzene rings is 1. The molecule has 27 nitrogen and oxygen atoms in total. The predicted octanol–water partition coefficient (Wildman–Crippen LogP) is -4.77. The highest BCUT2D eigenvalue weighted by Gasteiger charge is 2.38. The van der Waals surface area contributed by atoms with Crippen LogP contribution < -0.4 is 77.9 Å². The number of unbranched alkanes of at least 4 members (excludes halogenated alkanes) is 1. The van der Waals surface area contributed by atoms with Gasteiger partial charge in [-0.2, -0.15) is 0 Å². The summed E-state index contributed by atoms with van der Waals surface area (Å²) in [5.41, 5.74) is 38.7. The van der Waals surface area contributed by atoms with Crippen LogP contribution in [-0.4, -0.2) is 137 Å². The second kappa shape index (κ2) is 31.8. The van der Waals surface area contributed by atoms with Crippen LogP contribution in [0.1, 0.15) is 98.0 Å². The Morgan fingerprint density at radius 2 is 1.08 bits per heavy atom. The standard InChI is InChI=1S/C44H77N17O10/c1-23(2)20-32(59-41(70)35(24(3)4)60-39(68)31(22-34(46)64)58-37(66)29(55-25(5)62)10-6-7-17-45)42(71)61(52)33(21-26-13-15-27(63)16-14-26)40(69)57-30(12-9-19-54-44(50)51)38(67)56-28(36(47)65)11-8-18-53-43(48)49/h13-16,23-24,28-33,35,63H,6-12,17-22,45,52H2,1-5H3,(H2,46,64)(H2,47,65)(H,55,62)(H,56,67)(H,57,69)(H,58,66)(H,59,70)(H,60,68)(H4,48,49,53)(H4,50,51,54)/t28-,29-,30-,31-,32-,33-,35-/m0/s1. The van der Waals surface area contributed by atoms with Gasteiger partial charge in [-0.05, 0) is 87.4 Å². The number of hydrazine groups is 1. The number of guanidine groups is 2. The van der Waals surface area contributed by atoms with Gasteiger partial charge in [0.05, 0.1) is 6.42 Å². The number of primary amides is 2. The molecular weight excluding hydrogens is 927 g/mol. The van der Waals surface area contributed by atoms with Crippen LogP contribution in [-0.2, 0) is 49.6 Å². The molecule has 0 radical (unpaired) electrons. The molecule has 398 valence electrons. The molecule has 0 aliphatic rings. The lowest BCUT2D eigenvalue weighted by Gasteiger charge is -2.33. The van der Waals surface area contributed by atoms with Crippen LogP contribution in [0.2, 0.25) is 0 Å². The van der Waals surface area contributed by atoms with Gasteiger partial charge in [-0.25, -0.2) is 5.84 Å². The smallest absolute Gasteiger partial charge is 0.259 e. The fourth-order valence-corrected chi connectivity index (χ4v) is 7.04. The Labute approximate surface area is 413 Å². The van der Waals surface area contributed by atoms with Crippen molar-refractivity contribution in [1.29, 1.82) is 0 Å². The molecule has 0 unspecified atom stereocenters. The van der Waals surface area contributed by atoms with Crippen LogP contribution in [0, 0.1) is 11.8 Å². The molecule has 9 amide bonds. The second-order valence-corrected chi connectivity index (χ2v) is 17.7. The van der Waals surface area contributed by atoms with Gasteiger partial charge in [0.15, 0.2) is 11.9 Å². The maximum absolute atomic E-state index is 14.5. The largest absolute Gasteiger partial charge is 0.508 e. The van der Waals surface area contributed by atoms with Crippen molar-refractivity contribution >= 4 is 65.1 Å². The number of aromatic hydroxyl groups is 1. The average molecular weight is 1000 g/mol. The van der Waals surface area contributed by atoms with Gasteiger partial charge in [-0.1, -0.05) is 39.8 Å². The normalized spacial score (nSPS) is 13.9. The summed E-state index contributed by atoms with van der Waals surface area (Å²) in [4.78, 5) is 128. The zero-order valence-corrected chi connectivity index (χ0v) is 41.3. The van der Waals surface area contributed by atoms with Crippen LogP contribution in [0.4, 0.5) is 0 Å². The number of nitrogens with one attached hydrogen (secondary N) is 6. The Kier molecular flexibility index (Phi) is 27.6. The van der Waals surface area contributed by atoms with E-state index in [2.05, 4.69) is 41.9 Å². The van der Waals surface area contributed by atoms with E-state index in [-0.39, 0.29) is 81.6 Å². The molecule has 27 heteroatoms. The minimum Gasteiger partial charge on any atom is -0.508 e. The predicted molar refractivity (Wildman–Crippen MR) is 264 cm³/mol. The molecule has 0 saturated carbocycles. The molecule has 1 aromatic carbocycles. The summed E-state index contributed by atoms with van der Waals surface area (Å²) < 4.78 is 0. The van der Waals surface area contributed by atoms with E-state index in [0.29, 0.717) is 30.0 Å². The molecule has 0 aromatic heterocycles. The lowest BCUT2D eigenvalue weighted by atomic mass is 9.98. The summed E-state index contributed by atoms with van der Waals surface area (Å²) >= 11 is 0. The van der Waals surface area contributed by atoms with Gasteiger partial charge in [-0.15, -0.1) is 0 Å². The van der Waals surface area contributed by atoms with E-state index in [1.165, 1.54) is 31.2 Å². The highest BCUT2D eigenvalue weighted by Crippen LogP contribution is 2.17. The summed E-state index contributed by atoms with van der Waals surface area (Å²) in [7, 11) is 0. The van der Waals surface area contributed by atoms with E-state index in [4.69, 9.17) is 46.0 Å². The third kappa shape index (κ3) is 24.2. The molecule has 0 aliphatic carbocycles. The Bertz CT molecular complexity index is 2010. The first-order valence-electron chi connectivity index (χ1n) is 23.3. The van der Waals surface area contributed by atoms with Crippen LogP contribution in [0.3, 0.4) is 0 Å². The number of carbonyl (C=O) groups is 9. The number of aliphatic imine (C=N–C) groups is 2. The number of phenolic OH excluding ortho intramolecular Hbond substituents is 1. The van der Waals surface area contributed by atoms with Gasteiger partial charge in [0.25, 0.3) is 5.91 Å². The minimum absolute atomic E-state index is 0.0340. The van der Waals surface area contributed by atoms with Gasteiger partial charge in [0.2, 0.25) is 47.3 Å². The van der Waals surface area contributed by atoms with Crippen molar-refractivity contribution in [2.75, 3.05) is 19.6 Å². The zero-order chi connectivity index (χ0) is 54.0. The quantitative estimate of drug-likeness (QED) is 0.00785. The van der Waals surface area contributed by atoms with E-state index in [1.807, 2.05) is 0 Å². The number of hydrogen-bond donors (Lipinski definition) is 15. The molecule has 0 bridgehead atoms. The molecule has 71 heavy (non-hydrogen) atoms. The summed E-state index contributed by atoms with van der Waals surface area (Å²) in [5, 5.41) is 25.9. The van der Waals surface area contributed by atoms with Crippen molar-refractivity contribution in [2.24, 2.45) is 67.8 Å². The van der Waals surface area contributed by atoms with Crippen molar-refractivity contribution in [3.63, 3.8) is 0 Å². The highest BCUT2D eigenvalue weighted by atomic mass is 16.3. The van der Waals surface area contributed by atoms with E-state index in [0.717, 1.165) is 0 Å². The summed E-state index contributed by atoms with van der Waals surface area (Å²) in [6, 6.07) is -4.01. The Hall–Kier alpha value is -7.29. The first kappa shape index (κ1) is 61.7. The Balaban J connectivity index is 3.62. The van der Waals surface area contributed by atoms with Crippen LogP contribution in [0.5, 0.6) is 5.75 Å². The van der Waals surface area contributed by atoms with Crippen molar-refractivity contribution in [1.82, 2.24) is 36.9 Å². The molecule has 0 spiro atoms. The fourth-order valence-electron chi connectivity index (χ4n) is 7.04. The molecule has 1 aromatic rings. The molecule has 0 saturated heterocycles. The maximum Gasteiger partial charge on any atom is 0.259 e. The molecule has 0 heterocycles. The van der Waals surface area contributed by atoms with E-state index in [9.17, 15) is 48.3 Å². The SMILES string of the molecule is CC(=O)N[C@@H](CCCCN)C(=O)N[C@@H](CC(N)=O)C(=O)N[C@H](C(=O)N[C@@H](CC(C)C)C(=O)N(N)[C@@H](Cc1ccc(O)cc1)C(=O)N[C@@H](CCCN=C(N)N)C(=O)N[C@@H](CCCN=C(N)N)C(N)=O)C(C)C. The fraction of sp³-hybridized carbons (Fsp3) is 0.614. The third-order valence-electron chi connectivity index (χ3n) is 10.7. The number of hydrogen-bond acceptors (Lipinski definition) is 14. The number of nitrogens with two attached hydrogens (primary N) is 8. The summed E-state index contributed by atoms with van der Waals surface area (Å²) in [6.45, 7) is 8.39. The number of carbonyl (C=O) groups excluding carboxylic acids is 9. The first-order chi connectivity index (χ1) is 33.3. The molecule has 0 fully saturated rings. The van der Waals surface area contributed by atoms with E-state index < -0.39 is 108 Å². The lowest BCUT2D eigenvalue weighted by molar-refractivity contribution is -0.145.